The molecular formula is C20H22BrN5OS. The Morgan fingerprint density at radius 3 is 2.71 bits per heavy atom. The third-order valence-electron chi connectivity index (χ3n) is 4.30. The Bertz CT molecular complexity index is 974. The first-order chi connectivity index (χ1) is 13.5. The van der Waals surface area contributed by atoms with Gasteiger partial charge < -0.3 is 11.2 Å². The van der Waals surface area contributed by atoms with Gasteiger partial charge in [0, 0.05) is 16.6 Å². The number of benzene rings is 2. The van der Waals surface area contributed by atoms with Crippen LogP contribution < -0.4 is 11.2 Å². The number of hydrogen-bond donors (Lipinski definition) is 2. The molecule has 0 unspecified atom stereocenters. The zero-order valence-corrected chi connectivity index (χ0v) is 18.2. The molecule has 8 heteroatoms. The van der Waals surface area contributed by atoms with Gasteiger partial charge in [-0.05, 0) is 42.2 Å². The molecule has 0 bridgehead atoms. The number of carbonyl (C=O) groups is 1. The minimum absolute atomic E-state index is 0.0993. The normalized spacial score (nSPS) is 10.8. The third kappa shape index (κ3) is 4.94. The van der Waals surface area contributed by atoms with Crippen LogP contribution in [0.2, 0.25) is 0 Å². The summed E-state index contributed by atoms with van der Waals surface area (Å²) in [7, 11) is 0. The number of hydrogen-bond acceptors (Lipinski definition) is 5. The molecule has 0 aliphatic carbocycles. The third-order valence-corrected chi connectivity index (χ3v) is 5.70. The van der Waals surface area contributed by atoms with Crippen LogP contribution in [-0.2, 0) is 17.6 Å². The Hall–Kier alpha value is -2.32. The monoisotopic (exact) mass is 459 g/mol. The number of nitrogens with zero attached hydrogens (tertiary/aromatic N) is 3. The summed E-state index contributed by atoms with van der Waals surface area (Å²) < 4.78 is 2.46. The van der Waals surface area contributed by atoms with Crippen LogP contribution in [0.4, 0.5) is 5.69 Å². The van der Waals surface area contributed by atoms with Crippen LogP contribution >= 0.6 is 27.7 Å². The summed E-state index contributed by atoms with van der Waals surface area (Å²) in [5.74, 6) is 6.88. The van der Waals surface area contributed by atoms with Crippen molar-refractivity contribution >= 4 is 39.3 Å². The van der Waals surface area contributed by atoms with Crippen molar-refractivity contribution in [3.63, 3.8) is 0 Å². The van der Waals surface area contributed by atoms with E-state index in [4.69, 9.17) is 5.84 Å². The lowest BCUT2D eigenvalue weighted by Gasteiger charge is -2.13. The van der Waals surface area contributed by atoms with Gasteiger partial charge in [-0.2, -0.15) is 0 Å². The van der Waals surface area contributed by atoms with E-state index in [1.54, 1.807) is 0 Å². The number of halogens is 1. The fourth-order valence-corrected chi connectivity index (χ4v) is 4.18. The molecule has 6 nitrogen and oxygen atoms in total. The molecule has 3 N–H and O–H groups in total. The number of nitrogens with one attached hydrogen (secondary N) is 1. The maximum absolute atomic E-state index is 12.5. The maximum Gasteiger partial charge on any atom is 0.234 e. The lowest BCUT2D eigenvalue weighted by Crippen LogP contribution is -2.18. The zero-order chi connectivity index (χ0) is 20.1. The second-order valence-corrected chi connectivity index (χ2v) is 8.24. The largest absolute Gasteiger partial charge is 0.336 e. The lowest BCUT2D eigenvalue weighted by atomic mass is 10.1. The summed E-state index contributed by atoms with van der Waals surface area (Å²) in [6, 6.07) is 14.0. The van der Waals surface area contributed by atoms with Crippen LogP contribution in [0.3, 0.4) is 0 Å². The van der Waals surface area contributed by atoms with Crippen LogP contribution in [-0.4, -0.2) is 26.5 Å². The van der Waals surface area contributed by atoms with Gasteiger partial charge in [-0.1, -0.05) is 64.9 Å². The number of anilines is 1. The molecule has 2 aromatic carbocycles. The van der Waals surface area contributed by atoms with Crippen molar-refractivity contribution in [3.05, 3.63) is 69.5 Å². The predicted octanol–water partition coefficient (Wildman–Crippen LogP) is 3.95. The summed E-state index contributed by atoms with van der Waals surface area (Å²) in [5.41, 5.74) is 4.10. The van der Waals surface area contributed by atoms with E-state index in [1.165, 1.54) is 16.4 Å². The first-order valence-electron chi connectivity index (χ1n) is 8.93. The van der Waals surface area contributed by atoms with Gasteiger partial charge in [-0.3, -0.25) is 4.79 Å². The smallest absolute Gasteiger partial charge is 0.234 e. The molecule has 0 atom stereocenters. The molecule has 1 heterocycles. The van der Waals surface area contributed by atoms with Gasteiger partial charge in [0.05, 0.1) is 5.75 Å². The van der Waals surface area contributed by atoms with E-state index in [-0.39, 0.29) is 11.7 Å². The predicted molar refractivity (Wildman–Crippen MR) is 117 cm³/mol. The van der Waals surface area contributed by atoms with Crippen molar-refractivity contribution in [2.75, 3.05) is 16.9 Å². The van der Waals surface area contributed by atoms with Crippen LogP contribution in [0, 0.1) is 6.92 Å². The first kappa shape index (κ1) is 20.4. The number of amides is 1. The fraction of sp³-hybridized carbons (Fsp3) is 0.250. The molecule has 146 valence electrons. The molecule has 1 amide bonds. The minimum Gasteiger partial charge on any atom is -0.336 e. The van der Waals surface area contributed by atoms with Crippen molar-refractivity contribution < 1.29 is 4.79 Å². The quantitative estimate of drug-likeness (QED) is 0.412. The van der Waals surface area contributed by atoms with Gasteiger partial charge in [0.25, 0.3) is 0 Å². The summed E-state index contributed by atoms with van der Waals surface area (Å²) >= 11 is 4.77. The van der Waals surface area contributed by atoms with Gasteiger partial charge in [-0.15, -0.1) is 10.2 Å². The van der Waals surface area contributed by atoms with Crippen molar-refractivity contribution in [1.82, 2.24) is 14.9 Å². The van der Waals surface area contributed by atoms with Gasteiger partial charge in [0.15, 0.2) is 5.82 Å². The van der Waals surface area contributed by atoms with Crippen molar-refractivity contribution in [3.8, 4) is 0 Å². The Kier molecular flexibility index (Phi) is 6.74. The fourth-order valence-electron chi connectivity index (χ4n) is 2.88. The van der Waals surface area contributed by atoms with E-state index in [0.29, 0.717) is 17.4 Å². The van der Waals surface area contributed by atoms with E-state index in [1.807, 2.05) is 49.4 Å². The number of rotatable bonds is 7. The van der Waals surface area contributed by atoms with Crippen LogP contribution in [0.1, 0.15) is 29.4 Å². The number of nitrogens with two attached hydrogens (primary N) is 1. The molecule has 0 saturated heterocycles. The molecule has 0 aliphatic heterocycles. The van der Waals surface area contributed by atoms with Gasteiger partial charge in [0.2, 0.25) is 11.1 Å². The highest BCUT2D eigenvalue weighted by atomic mass is 79.9. The molecule has 0 fully saturated rings. The second kappa shape index (κ2) is 9.25. The second-order valence-electron chi connectivity index (χ2n) is 6.38. The molecule has 3 aromatic rings. The van der Waals surface area contributed by atoms with Gasteiger partial charge in [-0.25, -0.2) is 4.68 Å². The molecule has 3 rings (SSSR count). The molecule has 0 saturated carbocycles. The minimum atomic E-state index is -0.0993. The first-order valence-corrected chi connectivity index (χ1v) is 10.7. The van der Waals surface area contributed by atoms with E-state index in [9.17, 15) is 4.79 Å². The van der Waals surface area contributed by atoms with Gasteiger partial charge >= 0.3 is 0 Å². The van der Waals surface area contributed by atoms with E-state index in [2.05, 4.69) is 38.4 Å². The highest BCUT2D eigenvalue weighted by molar-refractivity contribution is 9.10. The van der Waals surface area contributed by atoms with Crippen LogP contribution in [0.5, 0.6) is 0 Å². The molecule has 0 radical (unpaired) electrons. The Morgan fingerprint density at radius 2 is 2.00 bits per heavy atom. The maximum atomic E-state index is 12.5. The Morgan fingerprint density at radius 1 is 1.25 bits per heavy atom. The van der Waals surface area contributed by atoms with E-state index < -0.39 is 0 Å². The number of thioether (sulfide) groups is 1. The highest BCUT2D eigenvalue weighted by Crippen LogP contribution is 2.27. The summed E-state index contributed by atoms with van der Waals surface area (Å²) in [6.07, 6.45) is 1.43. The van der Waals surface area contributed by atoms with E-state index >= 15 is 0 Å². The van der Waals surface area contributed by atoms with Crippen molar-refractivity contribution in [1.29, 1.82) is 0 Å². The van der Waals surface area contributed by atoms with Crippen LogP contribution in [0.25, 0.3) is 0 Å². The number of nitrogen functional groups attached to an aromatic ring is 1. The summed E-state index contributed by atoms with van der Waals surface area (Å²) in [6.45, 7) is 4.05. The summed E-state index contributed by atoms with van der Waals surface area (Å²) in [5, 5.41) is 11.8. The Balaban J connectivity index is 1.63. The molecule has 28 heavy (non-hydrogen) atoms. The zero-order valence-electron chi connectivity index (χ0n) is 15.8. The Labute approximate surface area is 177 Å². The lowest BCUT2D eigenvalue weighted by molar-refractivity contribution is -0.113. The van der Waals surface area contributed by atoms with E-state index in [0.717, 1.165) is 33.3 Å². The van der Waals surface area contributed by atoms with Gasteiger partial charge in [0.1, 0.15) is 0 Å². The van der Waals surface area contributed by atoms with Crippen LogP contribution in [0.15, 0.2) is 52.1 Å². The molecule has 0 aliphatic rings. The number of carbonyl (C=O) groups excluding carboxylic acids is 1. The summed E-state index contributed by atoms with van der Waals surface area (Å²) in [4.78, 5) is 12.5. The molecule has 1 aromatic heterocycles. The van der Waals surface area contributed by atoms with Crippen molar-refractivity contribution in [2.45, 2.75) is 31.8 Å². The molecular weight excluding hydrogens is 438 g/mol. The highest BCUT2D eigenvalue weighted by Gasteiger charge is 2.14. The molecule has 0 spiro atoms. The van der Waals surface area contributed by atoms with Crippen molar-refractivity contribution in [2.24, 2.45) is 0 Å². The topological polar surface area (TPSA) is 85.8 Å². The SMILES string of the molecule is CCc1cc(Br)cc(C)c1NC(=O)CSc1nnc(Cc2ccccc2)n1N. The standard InChI is InChI=1S/C20H22BrN5OS/c1-3-15-11-16(21)9-13(2)19(15)23-18(27)12-28-20-25-24-17(26(20)22)10-14-7-5-4-6-8-14/h4-9,11H,3,10,12,22H2,1-2H3,(H,23,27). The number of aromatic nitrogens is 3. The average molecular weight is 460 g/mol. The average Bonchev–Trinajstić information content (AvgIpc) is 3.02. The number of aryl methyl sites for hydroxylation is 2.